The molecule has 0 aromatic carbocycles. The van der Waals surface area contributed by atoms with Gasteiger partial charge in [0, 0.05) is 18.5 Å². The monoisotopic (exact) mass is 265 g/mol. The Morgan fingerprint density at radius 1 is 0.947 bits per heavy atom. The smallest absolute Gasteiger partial charge is 0.228 e. The summed E-state index contributed by atoms with van der Waals surface area (Å²) in [6.45, 7) is 8.86. The van der Waals surface area contributed by atoms with Gasteiger partial charge in [0.1, 0.15) is 0 Å². The van der Waals surface area contributed by atoms with Crippen LogP contribution in [0.2, 0.25) is 0 Å². The number of piperidine rings is 1. The Morgan fingerprint density at radius 3 is 2.00 bits per heavy atom. The standard InChI is InChI=1S/C17H31NO/c1-16(2,3)14-17(10-6-4-7-11-17)15(19)18-12-8-5-9-13-18/h4-14H2,1-3H3. The molecule has 2 rings (SSSR count). The van der Waals surface area contributed by atoms with Crippen LogP contribution >= 0.6 is 0 Å². The molecule has 0 radical (unpaired) electrons. The number of hydrogen-bond acceptors (Lipinski definition) is 1. The largest absolute Gasteiger partial charge is 0.342 e. The predicted octanol–water partition coefficient (Wildman–Crippen LogP) is 4.39. The molecule has 1 amide bonds. The molecule has 1 saturated heterocycles. The highest BCUT2D eigenvalue weighted by molar-refractivity contribution is 5.83. The third kappa shape index (κ3) is 3.73. The van der Waals surface area contributed by atoms with E-state index in [2.05, 4.69) is 25.7 Å². The lowest BCUT2D eigenvalue weighted by atomic mass is 9.65. The lowest BCUT2D eigenvalue weighted by Gasteiger charge is -2.44. The van der Waals surface area contributed by atoms with E-state index in [4.69, 9.17) is 0 Å². The summed E-state index contributed by atoms with van der Waals surface area (Å²) in [5.41, 5.74) is 0.219. The summed E-state index contributed by atoms with van der Waals surface area (Å²) < 4.78 is 0. The van der Waals surface area contributed by atoms with E-state index >= 15 is 0 Å². The number of likely N-dealkylation sites (tertiary alicyclic amines) is 1. The maximum atomic E-state index is 13.1. The second-order valence-electron chi connectivity index (χ2n) is 7.93. The molecule has 110 valence electrons. The number of rotatable bonds is 2. The Labute approximate surface area is 118 Å². The molecule has 0 aromatic rings. The molecule has 0 N–H and O–H groups in total. The van der Waals surface area contributed by atoms with E-state index in [0.29, 0.717) is 5.91 Å². The van der Waals surface area contributed by atoms with Gasteiger partial charge in [0.05, 0.1) is 0 Å². The van der Waals surface area contributed by atoms with E-state index in [-0.39, 0.29) is 10.8 Å². The van der Waals surface area contributed by atoms with Crippen LogP contribution in [0.15, 0.2) is 0 Å². The van der Waals surface area contributed by atoms with Crippen LogP contribution in [0.1, 0.15) is 78.6 Å². The van der Waals surface area contributed by atoms with Gasteiger partial charge in [-0.1, -0.05) is 40.0 Å². The van der Waals surface area contributed by atoms with Gasteiger partial charge in [-0.2, -0.15) is 0 Å². The zero-order valence-corrected chi connectivity index (χ0v) is 13.1. The van der Waals surface area contributed by atoms with Gasteiger partial charge in [0.15, 0.2) is 0 Å². The summed E-state index contributed by atoms with van der Waals surface area (Å²) in [4.78, 5) is 15.3. The summed E-state index contributed by atoms with van der Waals surface area (Å²) >= 11 is 0. The van der Waals surface area contributed by atoms with Crippen molar-refractivity contribution >= 4 is 5.91 Å². The fourth-order valence-corrected chi connectivity index (χ4v) is 4.14. The second-order valence-corrected chi connectivity index (χ2v) is 7.93. The molecule has 1 aliphatic carbocycles. The van der Waals surface area contributed by atoms with E-state index in [9.17, 15) is 4.79 Å². The molecule has 0 spiro atoms. The van der Waals surface area contributed by atoms with Crippen LogP contribution in [0.25, 0.3) is 0 Å². The van der Waals surface area contributed by atoms with Crippen molar-refractivity contribution in [1.29, 1.82) is 0 Å². The molecular weight excluding hydrogens is 234 g/mol. The highest BCUT2D eigenvalue weighted by Crippen LogP contribution is 2.46. The van der Waals surface area contributed by atoms with E-state index in [1.807, 2.05) is 0 Å². The van der Waals surface area contributed by atoms with Crippen LogP contribution < -0.4 is 0 Å². The van der Waals surface area contributed by atoms with E-state index in [1.54, 1.807) is 0 Å². The van der Waals surface area contributed by atoms with Gasteiger partial charge in [-0.3, -0.25) is 4.79 Å². The summed E-state index contributed by atoms with van der Waals surface area (Å²) in [5.74, 6) is 0.488. The second kappa shape index (κ2) is 5.85. The molecule has 2 aliphatic rings. The first kappa shape index (κ1) is 14.9. The van der Waals surface area contributed by atoms with Crippen LogP contribution in [0.3, 0.4) is 0 Å². The summed E-state index contributed by atoms with van der Waals surface area (Å²) in [7, 11) is 0. The quantitative estimate of drug-likeness (QED) is 0.725. The van der Waals surface area contributed by atoms with Crippen LogP contribution in [-0.4, -0.2) is 23.9 Å². The lowest BCUT2D eigenvalue weighted by Crippen LogP contribution is -2.48. The van der Waals surface area contributed by atoms with E-state index in [1.165, 1.54) is 38.5 Å². The van der Waals surface area contributed by atoms with E-state index < -0.39 is 0 Å². The molecule has 0 aromatic heterocycles. The highest BCUT2D eigenvalue weighted by Gasteiger charge is 2.44. The van der Waals surface area contributed by atoms with Crippen molar-refractivity contribution in [2.45, 2.75) is 78.6 Å². The fourth-order valence-electron chi connectivity index (χ4n) is 4.14. The normalized spacial score (nSPS) is 24.3. The summed E-state index contributed by atoms with van der Waals surface area (Å²) in [6.07, 6.45) is 10.8. The lowest BCUT2D eigenvalue weighted by molar-refractivity contribution is -0.147. The van der Waals surface area contributed by atoms with Crippen LogP contribution in [0.4, 0.5) is 0 Å². The van der Waals surface area contributed by atoms with Gasteiger partial charge >= 0.3 is 0 Å². The van der Waals surface area contributed by atoms with Gasteiger partial charge < -0.3 is 4.90 Å². The maximum absolute atomic E-state index is 13.1. The minimum Gasteiger partial charge on any atom is -0.342 e. The zero-order valence-electron chi connectivity index (χ0n) is 13.1. The van der Waals surface area contributed by atoms with Crippen molar-refractivity contribution in [3.63, 3.8) is 0 Å². The van der Waals surface area contributed by atoms with Crippen LogP contribution in [0.5, 0.6) is 0 Å². The number of nitrogens with zero attached hydrogens (tertiary/aromatic N) is 1. The minimum absolute atomic E-state index is 0.0339. The van der Waals surface area contributed by atoms with Crippen LogP contribution in [-0.2, 0) is 4.79 Å². The Balaban J connectivity index is 2.13. The first-order chi connectivity index (χ1) is 8.93. The molecule has 2 fully saturated rings. The van der Waals surface area contributed by atoms with Crippen molar-refractivity contribution in [2.24, 2.45) is 10.8 Å². The van der Waals surface area contributed by atoms with Gasteiger partial charge in [-0.05, 0) is 43.9 Å². The Morgan fingerprint density at radius 2 is 1.47 bits per heavy atom. The molecule has 1 aliphatic heterocycles. The Hall–Kier alpha value is -0.530. The third-order valence-corrected chi connectivity index (χ3v) is 4.78. The molecular formula is C17H31NO. The van der Waals surface area contributed by atoms with Crippen molar-refractivity contribution in [3.8, 4) is 0 Å². The van der Waals surface area contributed by atoms with E-state index in [0.717, 1.165) is 32.4 Å². The van der Waals surface area contributed by atoms with Gasteiger partial charge in [0.2, 0.25) is 5.91 Å². The van der Waals surface area contributed by atoms with Gasteiger partial charge in [-0.15, -0.1) is 0 Å². The number of amides is 1. The van der Waals surface area contributed by atoms with Crippen molar-refractivity contribution in [1.82, 2.24) is 4.90 Å². The van der Waals surface area contributed by atoms with Crippen molar-refractivity contribution < 1.29 is 4.79 Å². The molecule has 1 heterocycles. The van der Waals surface area contributed by atoms with Gasteiger partial charge in [-0.25, -0.2) is 0 Å². The van der Waals surface area contributed by atoms with Crippen molar-refractivity contribution in [3.05, 3.63) is 0 Å². The molecule has 2 nitrogen and oxygen atoms in total. The van der Waals surface area contributed by atoms with Crippen molar-refractivity contribution in [2.75, 3.05) is 13.1 Å². The number of carbonyl (C=O) groups excluding carboxylic acids is 1. The maximum Gasteiger partial charge on any atom is 0.228 e. The molecule has 0 unspecified atom stereocenters. The SMILES string of the molecule is CC(C)(C)CC1(C(=O)N2CCCCC2)CCCCC1. The molecule has 19 heavy (non-hydrogen) atoms. The Bertz CT molecular complexity index is 304. The average Bonchev–Trinajstić information content (AvgIpc) is 2.38. The Kier molecular flexibility index (Phi) is 4.58. The molecule has 0 atom stereocenters. The predicted molar refractivity (Wildman–Crippen MR) is 80.0 cm³/mol. The first-order valence-corrected chi connectivity index (χ1v) is 8.22. The molecule has 1 saturated carbocycles. The fraction of sp³-hybridized carbons (Fsp3) is 0.941. The molecule has 0 bridgehead atoms. The topological polar surface area (TPSA) is 20.3 Å². The molecule has 2 heteroatoms. The van der Waals surface area contributed by atoms with Gasteiger partial charge in [0.25, 0.3) is 0 Å². The number of carbonyl (C=O) groups is 1. The van der Waals surface area contributed by atoms with Crippen LogP contribution in [0, 0.1) is 10.8 Å². The third-order valence-electron chi connectivity index (χ3n) is 4.78. The summed E-state index contributed by atoms with van der Waals surface area (Å²) in [5, 5.41) is 0. The average molecular weight is 265 g/mol. The summed E-state index contributed by atoms with van der Waals surface area (Å²) in [6, 6.07) is 0. The number of hydrogen-bond donors (Lipinski definition) is 0. The highest BCUT2D eigenvalue weighted by atomic mass is 16.2. The zero-order chi connectivity index (χ0) is 13.9. The minimum atomic E-state index is -0.0339. The first-order valence-electron chi connectivity index (χ1n) is 8.22.